The number of hydrogen-bond acceptors (Lipinski definition) is 1. The molecule has 1 aliphatic carbocycles. The lowest BCUT2D eigenvalue weighted by atomic mass is 10.0. The van der Waals surface area contributed by atoms with Crippen LogP contribution in [0, 0.1) is 18.3 Å². The molecule has 0 radical (unpaired) electrons. The van der Waals surface area contributed by atoms with E-state index in [0.717, 1.165) is 6.42 Å². The SMILES string of the molecule is Cc1[nH]c2ccccc2c1[C@H]1[C@H](CCNC(=O)c2ccc(Cl)cc2Cl)C1(C)C. The average Bonchev–Trinajstić information content (AvgIpc) is 3.00. The molecule has 4 rings (SSSR count). The van der Waals surface area contributed by atoms with Gasteiger partial charge in [-0.25, -0.2) is 0 Å². The van der Waals surface area contributed by atoms with Crippen molar-refractivity contribution in [2.45, 2.75) is 33.1 Å². The molecule has 0 unspecified atom stereocenters. The first kappa shape index (κ1) is 19.4. The Labute approximate surface area is 175 Å². The number of fused-ring (bicyclic) bond motifs is 1. The van der Waals surface area contributed by atoms with Gasteiger partial charge in [0.15, 0.2) is 0 Å². The van der Waals surface area contributed by atoms with Crippen molar-refractivity contribution in [1.29, 1.82) is 0 Å². The predicted molar refractivity (Wildman–Crippen MR) is 116 cm³/mol. The Morgan fingerprint density at radius 1 is 1.18 bits per heavy atom. The third kappa shape index (κ3) is 3.31. The van der Waals surface area contributed by atoms with Gasteiger partial charge in [-0.1, -0.05) is 55.2 Å². The zero-order chi connectivity index (χ0) is 20.1. The molecule has 146 valence electrons. The molecular formula is C23H24Cl2N2O. The topological polar surface area (TPSA) is 44.9 Å². The van der Waals surface area contributed by atoms with E-state index in [4.69, 9.17) is 23.2 Å². The first-order valence-electron chi connectivity index (χ1n) is 9.61. The highest BCUT2D eigenvalue weighted by atomic mass is 35.5. The first-order chi connectivity index (χ1) is 13.3. The minimum atomic E-state index is -0.153. The van der Waals surface area contributed by atoms with E-state index in [1.165, 1.54) is 22.2 Å². The highest BCUT2D eigenvalue weighted by Gasteiger charge is 2.58. The molecule has 0 saturated heterocycles. The number of benzene rings is 2. The standard InChI is InChI=1S/C23H24Cl2N2O/c1-13-20(16-6-4-5-7-19(16)27-13)21-17(23(21,2)3)10-11-26-22(28)15-9-8-14(24)12-18(15)25/h4-9,12,17,21,27H,10-11H2,1-3H3,(H,26,28)/t17-,21+/m0/s1. The highest BCUT2D eigenvalue weighted by Crippen LogP contribution is 2.67. The fourth-order valence-electron chi connectivity index (χ4n) is 4.67. The molecule has 1 fully saturated rings. The lowest BCUT2D eigenvalue weighted by Gasteiger charge is -2.07. The van der Waals surface area contributed by atoms with Crippen molar-refractivity contribution in [2.24, 2.45) is 11.3 Å². The van der Waals surface area contributed by atoms with Gasteiger partial charge in [0.2, 0.25) is 0 Å². The number of carbonyl (C=O) groups excluding carboxylic acids is 1. The lowest BCUT2D eigenvalue weighted by molar-refractivity contribution is 0.0952. The normalized spacial score (nSPS) is 20.3. The van der Waals surface area contributed by atoms with Gasteiger partial charge >= 0.3 is 0 Å². The Balaban J connectivity index is 1.44. The first-order valence-corrected chi connectivity index (χ1v) is 10.4. The van der Waals surface area contributed by atoms with Gasteiger partial charge in [0.05, 0.1) is 10.6 Å². The summed E-state index contributed by atoms with van der Waals surface area (Å²) < 4.78 is 0. The number of nitrogens with one attached hydrogen (secondary N) is 2. The largest absolute Gasteiger partial charge is 0.358 e. The third-order valence-corrected chi connectivity index (χ3v) is 6.77. The Morgan fingerprint density at radius 3 is 2.68 bits per heavy atom. The van der Waals surface area contributed by atoms with Crippen LogP contribution in [-0.4, -0.2) is 17.4 Å². The van der Waals surface area contributed by atoms with E-state index in [0.29, 0.717) is 34.0 Å². The molecule has 28 heavy (non-hydrogen) atoms. The maximum absolute atomic E-state index is 12.4. The summed E-state index contributed by atoms with van der Waals surface area (Å²) in [5.74, 6) is 0.881. The van der Waals surface area contributed by atoms with Crippen molar-refractivity contribution in [3.8, 4) is 0 Å². The van der Waals surface area contributed by atoms with Gasteiger partial charge in [0.25, 0.3) is 5.91 Å². The van der Waals surface area contributed by atoms with Crippen LogP contribution in [0.25, 0.3) is 10.9 Å². The summed E-state index contributed by atoms with van der Waals surface area (Å²) in [6, 6.07) is 13.4. The second kappa shape index (κ2) is 7.13. The molecule has 0 aliphatic heterocycles. The van der Waals surface area contributed by atoms with Crippen LogP contribution < -0.4 is 5.32 Å². The number of aromatic amines is 1. The molecule has 5 heteroatoms. The summed E-state index contributed by atoms with van der Waals surface area (Å²) in [7, 11) is 0. The molecule has 1 amide bonds. The summed E-state index contributed by atoms with van der Waals surface area (Å²) in [6.07, 6.45) is 0.938. The minimum Gasteiger partial charge on any atom is -0.358 e. The summed E-state index contributed by atoms with van der Waals surface area (Å²) in [5.41, 5.74) is 4.56. The molecule has 3 aromatic rings. The quantitative estimate of drug-likeness (QED) is 0.502. The molecule has 3 nitrogen and oxygen atoms in total. The molecule has 1 saturated carbocycles. The van der Waals surface area contributed by atoms with Crippen molar-refractivity contribution in [3.63, 3.8) is 0 Å². The number of H-pyrrole nitrogens is 1. The number of amides is 1. The van der Waals surface area contributed by atoms with Gasteiger partial charge in [0, 0.05) is 28.2 Å². The van der Waals surface area contributed by atoms with Crippen molar-refractivity contribution in [1.82, 2.24) is 10.3 Å². The van der Waals surface area contributed by atoms with E-state index >= 15 is 0 Å². The summed E-state index contributed by atoms with van der Waals surface area (Å²) >= 11 is 12.0. The van der Waals surface area contributed by atoms with Crippen molar-refractivity contribution < 1.29 is 4.79 Å². The van der Waals surface area contributed by atoms with E-state index in [2.05, 4.69) is 55.3 Å². The van der Waals surface area contributed by atoms with Gasteiger partial charge in [-0.05, 0) is 60.4 Å². The monoisotopic (exact) mass is 414 g/mol. The Hall–Kier alpha value is -1.97. The van der Waals surface area contributed by atoms with Crippen molar-refractivity contribution >= 4 is 40.0 Å². The molecule has 2 atom stereocenters. The number of halogens is 2. The Bertz CT molecular complexity index is 1050. The predicted octanol–water partition coefficient (Wildman–Crippen LogP) is 6.34. The van der Waals surface area contributed by atoms with Gasteiger partial charge < -0.3 is 10.3 Å². The molecule has 1 aliphatic rings. The Kier molecular flexibility index (Phi) is 4.93. The second-order valence-electron chi connectivity index (χ2n) is 8.28. The smallest absolute Gasteiger partial charge is 0.252 e. The molecule has 0 spiro atoms. The maximum Gasteiger partial charge on any atom is 0.252 e. The fourth-order valence-corrected chi connectivity index (χ4v) is 5.16. The van der Waals surface area contributed by atoms with Crippen molar-refractivity contribution in [3.05, 3.63) is 69.3 Å². The van der Waals surface area contributed by atoms with E-state index in [1.54, 1.807) is 18.2 Å². The van der Waals surface area contributed by atoms with Gasteiger partial charge in [-0.3, -0.25) is 4.79 Å². The summed E-state index contributed by atoms with van der Waals surface area (Å²) in [6.45, 7) is 7.43. The van der Waals surface area contributed by atoms with Crippen LogP contribution in [0.4, 0.5) is 0 Å². The fraction of sp³-hybridized carbons (Fsp3) is 0.348. The molecule has 0 bridgehead atoms. The van der Waals surface area contributed by atoms with E-state index in [9.17, 15) is 4.79 Å². The van der Waals surface area contributed by atoms with Gasteiger partial charge in [-0.15, -0.1) is 0 Å². The van der Waals surface area contributed by atoms with Crippen LogP contribution >= 0.6 is 23.2 Å². The number of hydrogen-bond donors (Lipinski definition) is 2. The van der Waals surface area contributed by atoms with Crippen LogP contribution in [-0.2, 0) is 0 Å². The third-order valence-electron chi connectivity index (χ3n) is 6.22. The van der Waals surface area contributed by atoms with E-state index < -0.39 is 0 Å². The van der Waals surface area contributed by atoms with E-state index in [1.807, 2.05) is 0 Å². The van der Waals surface area contributed by atoms with Gasteiger partial charge in [-0.2, -0.15) is 0 Å². The van der Waals surface area contributed by atoms with E-state index in [-0.39, 0.29) is 11.3 Å². The zero-order valence-electron chi connectivity index (χ0n) is 16.3. The zero-order valence-corrected chi connectivity index (χ0v) is 17.8. The van der Waals surface area contributed by atoms with Gasteiger partial charge in [0.1, 0.15) is 0 Å². The second-order valence-corrected chi connectivity index (χ2v) is 9.13. The number of para-hydroxylation sites is 1. The van der Waals surface area contributed by atoms with Crippen LogP contribution in [0.3, 0.4) is 0 Å². The molecular weight excluding hydrogens is 391 g/mol. The molecule has 2 aromatic carbocycles. The average molecular weight is 415 g/mol. The maximum atomic E-state index is 12.4. The number of carbonyl (C=O) groups is 1. The van der Waals surface area contributed by atoms with Crippen LogP contribution in [0.15, 0.2) is 42.5 Å². The molecule has 1 aromatic heterocycles. The lowest BCUT2D eigenvalue weighted by Crippen LogP contribution is -2.25. The summed E-state index contributed by atoms with van der Waals surface area (Å²) in [4.78, 5) is 16.0. The van der Waals surface area contributed by atoms with Crippen molar-refractivity contribution in [2.75, 3.05) is 6.54 Å². The number of aryl methyl sites for hydroxylation is 1. The molecule has 2 N–H and O–H groups in total. The summed E-state index contributed by atoms with van der Waals surface area (Å²) in [5, 5.41) is 5.23. The number of aromatic nitrogens is 1. The van der Waals surface area contributed by atoms with Crippen LogP contribution in [0.5, 0.6) is 0 Å². The highest BCUT2D eigenvalue weighted by molar-refractivity contribution is 6.36. The van der Waals surface area contributed by atoms with Crippen LogP contribution in [0.2, 0.25) is 10.0 Å². The Morgan fingerprint density at radius 2 is 1.93 bits per heavy atom. The minimum absolute atomic E-state index is 0.153. The number of rotatable bonds is 5. The van der Waals surface area contributed by atoms with Crippen LogP contribution in [0.1, 0.15) is 47.8 Å². The molecule has 1 heterocycles.